The van der Waals surface area contributed by atoms with Crippen LogP contribution in [0, 0.1) is 5.82 Å². The number of nitrogens with two attached hydrogens (primary N) is 1. The second-order valence-electron chi connectivity index (χ2n) is 11.7. The van der Waals surface area contributed by atoms with E-state index in [1.807, 2.05) is 44.4 Å². The highest BCUT2D eigenvalue weighted by atomic mass is 19.1. The minimum absolute atomic E-state index is 0.0525. The number of aromatic nitrogens is 3. The van der Waals surface area contributed by atoms with Crippen molar-refractivity contribution in [3.8, 4) is 17.1 Å². The smallest absolute Gasteiger partial charge is 0.261 e. The summed E-state index contributed by atoms with van der Waals surface area (Å²) in [5.74, 6) is 1.11. The Balaban J connectivity index is 1.23. The van der Waals surface area contributed by atoms with E-state index < -0.39 is 11.7 Å². The minimum atomic E-state index is -0.486. The highest BCUT2D eigenvalue weighted by Gasteiger charge is 2.33. The molecular formula is C34H37FN6O3. The lowest BCUT2D eigenvalue weighted by Gasteiger charge is -2.31. The number of anilines is 2. The predicted molar refractivity (Wildman–Crippen MR) is 167 cm³/mol. The molecule has 1 saturated carbocycles. The molecule has 2 heterocycles. The van der Waals surface area contributed by atoms with Gasteiger partial charge in [0.25, 0.3) is 5.91 Å². The average molecular weight is 597 g/mol. The number of aliphatic hydroxyl groups is 1. The zero-order valence-electron chi connectivity index (χ0n) is 25.1. The maximum absolute atomic E-state index is 15.2. The number of nitrogens with zero attached hydrogens (tertiary/aromatic N) is 5. The predicted octanol–water partition coefficient (Wildman–Crippen LogP) is 4.75. The number of carbonyl (C=O) groups excluding carboxylic acids is 1. The van der Waals surface area contributed by atoms with Gasteiger partial charge in [0.2, 0.25) is 5.95 Å². The van der Waals surface area contributed by atoms with Crippen molar-refractivity contribution in [1.29, 1.82) is 0 Å². The van der Waals surface area contributed by atoms with Crippen LogP contribution in [0.25, 0.3) is 11.4 Å². The molecule has 2 aliphatic rings. The van der Waals surface area contributed by atoms with Crippen LogP contribution < -0.4 is 15.4 Å². The van der Waals surface area contributed by atoms with Gasteiger partial charge in [-0.25, -0.2) is 9.37 Å². The first-order chi connectivity index (χ1) is 21.3. The van der Waals surface area contributed by atoms with Crippen molar-refractivity contribution in [2.45, 2.75) is 44.6 Å². The zero-order valence-corrected chi connectivity index (χ0v) is 25.1. The summed E-state index contributed by atoms with van der Waals surface area (Å²) in [7, 11) is 4.08. The van der Waals surface area contributed by atoms with Crippen molar-refractivity contribution in [3.05, 3.63) is 94.1 Å². The van der Waals surface area contributed by atoms with E-state index in [2.05, 4.69) is 19.9 Å². The fraction of sp³-hybridized carbons (Fsp3) is 0.353. The summed E-state index contributed by atoms with van der Waals surface area (Å²) in [6.45, 7) is 1.60. The highest BCUT2D eigenvalue weighted by molar-refractivity contribution is 6.09. The normalized spacial score (nSPS) is 14.7. The third-order valence-electron chi connectivity index (χ3n) is 8.15. The first kappa shape index (κ1) is 29.7. The third-order valence-corrected chi connectivity index (χ3v) is 8.15. The van der Waals surface area contributed by atoms with Gasteiger partial charge in [0.05, 0.1) is 24.5 Å². The second kappa shape index (κ2) is 12.7. The molecule has 1 aliphatic carbocycles. The Morgan fingerprint density at radius 1 is 1.09 bits per heavy atom. The number of carbonyl (C=O) groups is 1. The average Bonchev–Trinajstić information content (AvgIpc) is 3.85. The third kappa shape index (κ3) is 6.41. The van der Waals surface area contributed by atoms with E-state index in [4.69, 9.17) is 10.5 Å². The van der Waals surface area contributed by atoms with Crippen LogP contribution in [0.2, 0.25) is 0 Å². The molecule has 3 aromatic carbocycles. The zero-order chi connectivity index (χ0) is 30.8. The number of nitrogen functional groups attached to an aromatic ring is 1. The van der Waals surface area contributed by atoms with E-state index in [9.17, 15) is 9.90 Å². The van der Waals surface area contributed by atoms with Crippen LogP contribution >= 0.6 is 0 Å². The SMILES string of the molecule is CN(C)CCCOc1ccc(Cc2nc(N)nc(-c3cccc(N4CCc5cc(C6CC6)cc(F)c5C4=O)c3CO)n2)cc1. The summed E-state index contributed by atoms with van der Waals surface area (Å²) in [6.07, 6.45) is 4.00. The van der Waals surface area contributed by atoms with Gasteiger partial charge in [-0.05, 0) is 86.7 Å². The molecule has 6 rings (SSSR count). The topological polar surface area (TPSA) is 118 Å². The monoisotopic (exact) mass is 596 g/mol. The number of amides is 1. The molecule has 1 aliphatic heterocycles. The van der Waals surface area contributed by atoms with Crippen LogP contribution in [0.15, 0.2) is 54.6 Å². The van der Waals surface area contributed by atoms with Crippen LogP contribution in [0.5, 0.6) is 5.75 Å². The molecule has 1 fully saturated rings. The molecule has 44 heavy (non-hydrogen) atoms. The van der Waals surface area contributed by atoms with Gasteiger partial charge in [-0.3, -0.25) is 4.79 Å². The quantitative estimate of drug-likeness (QED) is 0.238. The van der Waals surface area contributed by atoms with Crippen LogP contribution in [0.4, 0.5) is 16.0 Å². The fourth-order valence-corrected chi connectivity index (χ4v) is 5.77. The first-order valence-corrected chi connectivity index (χ1v) is 15.0. The summed E-state index contributed by atoms with van der Waals surface area (Å²) in [5, 5.41) is 10.5. The number of rotatable bonds is 11. The number of ether oxygens (including phenoxy) is 1. The summed E-state index contributed by atoms with van der Waals surface area (Å²) in [6, 6.07) is 16.6. The van der Waals surface area contributed by atoms with Gasteiger partial charge in [-0.2, -0.15) is 9.97 Å². The molecule has 4 aromatic rings. The van der Waals surface area contributed by atoms with Gasteiger partial charge in [-0.1, -0.05) is 30.3 Å². The number of hydrogen-bond acceptors (Lipinski definition) is 8. The Labute approximate surface area is 256 Å². The van der Waals surface area contributed by atoms with Crippen LogP contribution in [-0.4, -0.2) is 64.7 Å². The summed E-state index contributed by atoms with van der Waals surface area (Å²) < 4.78 is 21.1. The number of fused-ring (bicyclic) bond motifs is 1. The lowest BCUT2D eigenvalue weighted by molar-refractivity contribution is 0.0976. The van der Waals surface area contributed by atoms with E-state index >= 15 is 4.39 Å². The number of aliphatic hydroxyl groups excluding tert-OH is 1. The van der Waals surface area contributed by atoms with Crippen LogP contribution in [0.3, 0.4) is 0 Å². The Hall–Kier alpha value is -4.41. The van der Waals surface area contributed by atoms with Gasteiger partial charge in [-0.15, -0.1) is 0 Å². The maximum atomic E-state index is 15.2. The molecule has 3 N–H and O–H groups in total. The van der Waals surface area contributed by atoms with E-state index in [0.29, 0.717) is 60.4 Å². The summed E-state index contributed by atoms with van der Waals surface area (Å²) in [5.41, 5.74) is 10.4. The van der Waals surface area contributed by atoms with Crippen molar-refractivity contribution >= 4 is 17.5 Å². The van der Waals surface area contributed by atoms with E-state index in [1.54, 1.807) is 18.2 Å². The lowest BCUT2D eigenvalue weighted by atomic mass is 9.93. The van der Waals surface area contributed by atoms with Crippen molar-refractivity contribution in [3.63, 3.8) is 0 Å². The Bertz CT molecular complexity index is 1670. The molecular weight excluding hydrogens is 559 g/mol. The summed E-state index contributed by atoms with van der Waals surface area (Å²) >= 11 is 0. The number of hydrogen-bond donors (Lipinski definition) is 2. The molecule has 0 radical (unpaired) electrons. The van der Waals surface area contributed by atoms with Gasteiger partial charge in [0.15, 0.2) is 5.82 Å². The lowest BCUT2D eigenvalue weighted by Crippen LogP contribution is -2.39. The number of halogens is 1. The van der Waals surface area contributed by atoms with Crippen LogP contribution in [0.1, 0.15) is 63.6 Å². The molecule has 228 valence electrons. The second-order valence-corrected chi connectivity index (χ2v) is 11.7. The Kier molecular flexibility index (Phi) is 8.54. The Morgan fingerprint density at radius 2 is 1.89 bits per heavy atom. The van der Waals surface area contributed by atoms with Crippen molar-refractivity contribution < 1.29 is 19.0 Å². The van der Waals surface area contributed by atoms with Gasteiger partial charge in [0, 0.05) is 30.6 Å². The van der Waals surface area contributed by atoms with Gasteiger partial charge < -0.3 is 25.4 Å². The molecule has 0 saturated heterocycles. The first-order valence-electron chi connectivity index (χ1n) is 15.0. The highest BCUT2D eigenvalue weighted by Crippen LogP contribution is 2.42. The fourth-order valence-electron chi connectivity index (χ4n) is 5.77. The largest absolute Gasteiger partial charge is 0.494 e. The van der Waals surface area contributed by atoms with E-state index in [0.717, 1.165) is 48.2 Å². The molecule has 0 unspecified atom stereocenters. The van der Waals surface area contributed by atoms with Gasteiger partial charge >= 0.3 is 0 Å². The van der Waals surface area contributed by atoms with Crippen molar-refractivity contribution in [2.24, 2.45) is 0 Å². The number of benzene rings is 3. The standard InChI is InChI=1S/C34H37FN6O3/c1-40(2)14-4-16-44-25-11-7-21(8-12-25)17-30-37-32(39-34(36)38-30)26-5-3-6-29(27(26)20-42)41-15-13-23-18-24(22-9-10-22)19-28(35)31(23)33(41)43/h3,5-8,11-12,18-19,22,42H,4,9-10,13-17,20H2,1-2H3,(H2,36,37,38,39). The molecule has 0 bridgehead atoms. The van der Waals surface area contributed by atoms with E-state index in [-0.39, 0.29) is 18.1 Å². The molecule has 1 aromatic heterocycles. The van der Waals surface area contributed by atoms with Crippen molar-refractivity contribution in [2.75, 3.05) is 44.4 Å². The Morgan fingerprint density at radius 3 is 2.61 bits per heavy atom. The molecule has 10 heteroatoms. The van der Waals surface area contributed by atoms with Gasteiger partial charge in [0.1, 0.15) is 17.4 Å². The molecule has 1 amide bonds. The van der Waals surface area contributed by atoms with Crippen molar-refractivity contribution in [1.82, 2.24) is 19.9 Å². The molecule has 0 atom stereocenters. The van der Waals surface area contributed by atoms with E-state index in [1.165, 1.54) is 11.0 Å². The molecule has 9 nitrogen and oxygen atoms in total. The summed E-state index contributed by atoms with van der Waals surface area (Å²) in [4.78, 5) is 30.7. The molecule has 0 spiro atoms. The maximum Gasteiger partial charge on any atom is 0.261 e. The minimum Gasteiger partial charge on any atom is -0.494 e. The van der Waals surface area contributed by atoms with Crippen LogP contribution in [-0.2, 0) is 19.4 Å².